The van der Waals surface area contributed by atoms with Gasteiger partial charge < -0.3 is 9.69 Å². The largest absolute Gasteiger partial charge is 0.334 e. The van der Waals surface area contributed by atoms with Crippen molar-refractivity contribution in [3.05, 3.63) is 34.9 Å². The molecule has 6 heteroatoms. The van der Waals surface area contributed by atoms with Crippen molar-refractivity contribution in [1.29, 1.82) is 0 Å². The van der Waals surface area contributed by atoms with Crippen molar-refractivity contribution in [2.75, 3.05) is 13.1 Å². The fourth-order valence-corrected chi connectivity index (χ4v) is 3.10. The number of halogens is 2. The summed E-state index contributed by atoms with van der Waals surface area (Å²) in [5.74, 6) is -3.17. The van der Waals surface area contributed by atoms with Crippen molar-refractivity contribution in [3.63, 3.8) is 0 Å². The van der Waals surface area contributed by atoms with Crippen molar-refractivity contribution in [2.24, 2.45) is 5.92 Å². The summed E-state index contributed by atoms with van der Waals surface area (Å²) in [6.07, 6.45) is 0.215. The summed E-state index contributed by atoms with van der Waals surface area (Å²) >= 11 is 0. The maximum absolute atomic E-state index is 14.2. The third kappa shape index (κ3) is 3.86. The van der Waals surface area contributed by atoms with E-state index in [2.05, 4.69) is 0 Å². The molecule has 1 amide bonds. The lowest BCUT2D eigenvalue weighted by Gasteiger charge is -2.17. The average Bonchev–Trinajstić information content (AvgIpc) is 2.73. The quantitative estimate of drug-likeness (QED) is 0.802. The second kappa shape index (κ2) is 7.20. The molecule has 0 aromatic heterocycles. The van der Waals surface area contributed by atoms with Crippen molar-refractivity contribution < 1.29 is 23.2 Å². The van der Waals surface area contributed by atoms with Gasteiger partial charge in [0.2, 0.25) is 5.91 Å². The number of Topliss-reactive ketones (excluding diaryl/α,β-unsaturated/α-hetero) is 2. The first kappa shape index (κ1) is 18.2. The Kier molecular flexibility index (Phi) is 5.47. The van der Waals surface area contributed by atoms with Gasteiger partial charge in [0, 0.05) is 36.8 Å². The second-order valence-electron chi connectivity index (χ2n) is 6.50. The molecule has 1 aromatic carbocycles. The van der Waals surface area contributed by atoms with E-state index in [9.17, 15) is 23.2 Å². The summed E-state index contributed by atoms with van der Waals surface area (Å²) in [6, 6.07) is 2.49. The van der Waals surface area contributed by atoms with E-state index in [0.717, 1.165) is 0 Å². The molecule has 2 rings (SSSR count). The number of hydrogen-bond donors (Lipinski definition) is 0. The van der Waals surface area contributed by atoms with Crippen LogP contribution in [0.1, 0.15) is 43.7 Å². The molecule has 0 aliphatic carbocycles. The summed E-state index contributed by atoms with van der Waals surface area (Å²) in [7, 11) is 0. The van der Waals surface area contributed by atoms with Crippen LogP contribution in [0, 0.1) is 24.5 Å². The van der Waals surface area contributed by atoms with Crippen LogP contribution in [-0.4, -0.2) is 35.5 Å². The second-order valence-corrected chi connectivity index (χ2v) is 6.50. The standard InChI is InChI=1S/C18H21F2NO3/c1-10-6-15(19)17(16(20)7-10)14-9-21(18(24)12(14)3)8-13(23)5-4-11(2)22/h6-7,12,14H,4-5,8-9H2,1-3H3/t12-,14+/m0/s1. The lowest BCUT2D eigenvalue weighted by atomic mass is 9.88. The van der Waals surface area contributed by atoms with Crippen LogP contribution in [0.2, 0.25) is 0 Å². The van der Waals surface area contributed by atoms with Crippen LogP contribution in [0.25, 0.3) is 0 Å². The number of ketones is 2. The van der Waals surface area contributed by atoms with Crippen molar-refractivity contribution in [3.8, 4) is 0 Å². The van der Waals surface area contributed by atoms with E-state index in [0.29, 0.717) is 5.56 Å². The maximum atomic E-state index is 14.2. The number of likely N-dealkylation sites (tertiary alicyclic amines) is 1. The summed E-state index contributed by atoms with van der Waals surface area (Å²) in [6.45, 7) is 4.59. The molecule has 0 saturated carbocycles. The van der Waals surface area contributed by atoms with Gasteiger partial charge in [-0.05, 0) is 31.5 Å². The molecule has 1 fully saturated rings. The molecule has 0 radical (unpaired) electrons. The molecule has 0 N–H and O–H groups in total. The van der Waals surface area contributed by atoms with Crippen molar-refractivity contribution in [2.45, 2.75) is 39.5 Å². The average molecular weight is 337 g/mol. The number of nitrogens with zero attached hydrogens (tertiary/aromatic N) is 1. The molecular weight excluding hydrogens is 316 g/mol. The molecule has 0 unspecified atom stereocenters. The molecule has 0 bridgehead atoms. The van der Waals surface area contributed by atoms with Gasteiger partial charge in [0.1, 0.15) is 17.4 Å². The SMILES string of the molecule is CC(=O)CCC(=O)CN1C[C@@H](c2c(F)cc(C)cc2F)[C@H](C)C1=O. The highest BCUT2D eigenvalue weighted by Gasteiger charge is 2.41. The Morgan fingerprint density at radius 3 is 2.33 bits per heavy atom. The van der Waals surface area contributed by atoms with Gasteiger partial charge in [0.15, 0.2) is 5.78 Å². The fourth-order valence-electron chi connectivity index (χ4n) is 3.10. The molecule has 1 aromatic rings. The predicted molar refractivity (Wildman–Crippen MR) is 84.5 cm³/mol. The zero-order valence-corrected chi connectivity index (χ0v) is 14.1. The normalized spacial score (nSPS) is 20.5. The zero-order chi connectivity index (χ0) is 18.0. The number of rotatable bonds is 6. The summed E-state index contributed by atoms with van der Waals surface area (Å²) in [5.41, 5.74) is 0.377. The van der Waals surface area contributed by atoms with Crippen LogP contribution in [0.15, 0.2) is 12.1 Å². The third-order valence-electron chi connectivity index (χ3n) is 4.44. The van der Waals surface area contributed by atoms with Gasteiger partial charge in [-0.2, -0.15) is 0 Å². The highest BCUT2D eigenvalue weighted by atomic mass is 19.1. The molecule has 0 spiro atoms. The van der Waals surface area contributed by atoms with Gasteiger partial charge in [0.25, 0.3) is 0 Å². The van der Waals surface area contributed by atoms with E-state index in [-0.39, 0.29) is 49.0 Å². The Labute approximate surface area is 139 Å². The number of hydrogen-bond acceptors (Lipinski definition) is 3. The Bertz CT molecular complexity index is 664. The maximum Gasteiger partial charge on any atom is 0.226 e. The van der Waals surface area contributed by atoms with Gasteiger partial charge in [-0.3, -0.25) is 9.59 Å². The van der Waals surface area contributed by atoms with E-state index < -0.39 is 23.5 Å². The number of carbonyl (C=O) groups is 3. The van der Waals surface area contributed by atoms with E-state index in [4.69, 9.17) is 0 Å². The minimum atomic E-state index is -0.665. The van der Waals surface area contributed by atoms with Gasteiger partial charge in [-0.1, -0.05) is 6.92 Å². The zero-order valence-electron chi connectivity index (χ0n) is 14.1. The molecule has 24 heavy (non-hydrogen) atoms. The van der Waals surface area contributed by atoms with E-state index in [1.54, 1.807) is 13.8 Å². The highest BCUT2D eigenvalue weighted by Crippen LogP contribution is 2.36. The Morgan fingerprint density at radius 1 is 1.21 bits per heavy atom. The van der Waals surface area contributed by atoms with Crippen LogP contribution in [0.4, 0.5) is 8.78 Å². The van der Waals surface area contributed by atoms with Gasteiger partial charge in [0.05, 0.1) is 6.54 Å². The molecule has 1 saturated heterocycles. The molecule has 1 aliphatic heterocycles. The lowest BCUT2D eigenvalue weighted by Crippen LogP contribution is -2.32. The number of amides is 1. The monoisotopic (exact) mass is 337 g/mol. The Balaban J connectivity index is 2.14. The van der Waals surface area contributed by atoms with E-state index >= 15 is 0 Å². The van der Waals surface area contributed by atoms with Crippen LogP contribution < -0.4 is 0 Å². The lowest BCUT2D eigenvalue weighted by molar-refractivity contribution is -0.134. The van der Waals surface area contributed by atoms with Gasteiger partial charge in [-0.25, -0.2) is 8.78 Å². The predicted octanol–water partition coefficient (Wildman–Crippen LogP) is 2.77. The topological polar surface area (TPSA) is 54.5 Å². The van der Waals surface area contributed by atoms with Crippen molar-refractivity contribution >= 4 is 17.5 Å². The summed E-state index contributed by atoms with van der Waals surface area (Å²) in [5, 5.41) is 0. The molecule has 2 atom stereocenters. The highest BCUT2D eigenvalue weighted by molar-refractivity contribution is 5.90. The molecule has 4 nitrogen and oxygen atoms in total. The van der Waals surface area contributed by atoms with E-state index in [1.165, 1.54) is 24.0 Å². The first-order valence-electron chi connectivity index (χ1n) is 7.96. The first-order valence-corrected chi connectivity index (χ1v) is 7.96. The molecule has 1 heterocycles. The van der Waals surface area contributed by atoms with Crippen LogP contribution in [0.3, 0.4) is 0 Å². The Hall–Kier alpha value is -2.11. The van der Waals surface area contributed by atoms with Gasteiger partial charge in [-0.15, -0.1) is 0 Å². The molecule has 1 aliphatic rings. The fraction of sp³-hybridized carbons (Fsp3) is 0.500. The smallest absolute Gasteiger partial charge is 0.226 e. The van der Waals surface area contributed by atoms with Crippen LogP contribution >= 0.6 is 0 Å². The van der Waals surface area contributed by atoms with Crippen molar-refractivity contribution in [1.82, 2.24) is 4.90 Å². The number of aryl methyl sites for hydroxylation is 1. The third-order valence-corrected chi connectivity index (χ3v) is 4.44. The molecule has 130 valence electrons. The van der Waals surface area contributed by atoms with Crippen LogP contribution in [0.5, 0.6) is 0 Å². The Morgan fingerprint density at radius 2 is 1.79 bits per heavy atom. The summed E-state index contributed by atoms with van der Waals surface area (Å²) in [4.78, 5) is 36.5. The van der Waals surface area contributed by atoms with Gasteiger partial charge >= 0.3 is 0 Å². The minimum absolute atomic E-state index is 0.0748. The first-order chi connectivity index (χ1) is 11.2. The van der Waals surface area contributed by atoms with E-state index in [1.807, 2.05) is 0 Å². The number of benzene rings is 1. The summed E-state index contributed by atoms with van der Waals surface area (Å²) < 4.78 is 28.4. The number of carbonyl (C=O) groups excluding carboxylic acids is 3. The minimum Gasteiger partial charge on any atom is -0.334 e. The molecular formula is C18H21F2NO3. The van der Waals surface area contributed by atoms with Crippen LogP contribution in [-0.2, 0) is 14.4 Å².